The van der Waals surface area contributed by atoms with Gasteiger partial charge in [0.1, 0.15) is 5.78 Å². The van der Waals surface area contributed by atoms with Crippen LogP contribution >= 0.6 is 0 Å². The van der Waals surface area contributed by atoms with Crippen LogP contribution in [0.15, 0.2) is 0 Å². The van der Waals surface area contributed by atoms with Crippen molar-refractivity contribution in [2.45, 2.75) is 59.5 Å². The molecule has 0 spiro atoms. The van der Waals surface area contributed by atoms with Crippen molar-refractivity contribution in [1.82, 2.24) is 0 Å². The summed E-state index contributed by atoms with van der Waals surface area (Å²) in [5, 5.41) is 0. The van der Waals surface area contributed by atoms with Crippen LogP contribution in [-0.4, -0.2) is 17.9 Å². The SMILES string of the molecule is CCC(CC)C1(C(=O)OC(C)C)CC(=O)C1. The Kier molecular flexibility index (Phi) is 4.11. The Morgan fingerprint density at radius 2 is 1.81 bits per heavy atom. The smallest absolute Gasteiger partial charge is 0.313 e. The van der Waals surface area contributed by atoms with Crippen LogP contribution in [0.3, 0.4) is 0 Å². The topological polar surface area (TPSA) is 43.4 Å². The lowest BCUT2D eigenvalue weighted by Gasteiger charge is -2.43. The molecule has 0 aromatic carbocycles. The molecule has 0 radical (unpaired) electrons. The van der Waals surface area contributed by atoms with Crippen LogP contribution in [0.5, 0.6) is 0 Å². The van der Waals surface area contributed by atoms with Crippen LogP contribution < -0.4 is 0 Å². The molecule has 0 saturated heterocycles. The Labute approximate surface area is 97.5 Å². The van der Waals surface area contributed by atoms with E-state index in [2.05, 4.69) is 13.8 Å². The van der Waals surface area contributed by atoms with E-state index in [1.165, 1.54) is 0 Å². The Morgan fingerprint density at radius 3 is 2.12 bits per heavy atom. The van der Waals surface area contributed by atoms with E-state index < -0.39 is 5.41 Å². The molecule has 92 valence electrons. The minimum Gasteiger partial charge on any atom is -0.463 e. The summed E-state index contributed by atoms with van der Waals surface area (Å²) in [5.74, 6) is 0.292. The second-order valence-corrected chi connectivity index (χ2v) is 5.02. The maximum Gasteiger partial charge on any atom is 0.313 e. The first-order valence-corrected chi connectivity index (χ1v) is 6.19. The highest BCUT2D eigenvalue weighted by Gasteiger charge is 2.54. The second-order valence-electron chi connectivity index (χ2n) is 5.02. The molecule has 3 heteroatoms. The molecular weight excluding hydrogens is 204 g/mol. The molecule has 1 aliphatic carbocycles. The van der Waals surface area contributed by atoms with E-state index in [0.29, 0.717) is 12.8 Å². The summed E-state index contributed by atoms with van der Waals surface area (Å²) >= 11 is 0. The van der Waals surface area contributed by atoms with Gasteiger partial charge in [0.25, 0.3) is 0 Å². The van der Waals surface area contributed by atoms with Crippen molar-refractivity contribution < 1.29 is 14.3 Å². The minimum absolute atomic E-state index is 0.102. The lowest BCUT2D eigenvalue weighted by atomic mass is 9.59. The highest BCUT2D eigenvalue weighted by atomic mass is 16.5. The molecule has 0 aromatic heterocycles. The van der Waals surface area contributed by atoms with Crippen molar-refractivity contribution in [3.63, 3.8) is 0 Å². The quantitative estimate of drug-likeness (QED) is 0.677. The largest absolute Gasteiger partial charge is 0.463 e. The van der Waals surface area contributed by atoms with E-state index in [1.54, 1.807) is 0 Å². The second kappa shape index (κ2) is 4.98. The number of carbonyl (C=O) groups excluding carboxylic acids is 2. The Hall–Kier alpha value is -0.860. The molecule has 3 nitrogen and oxygen atoms in total. The molecule has 1 saturated carbocycles. The highest BCUT2D eigenvalue weighted by Crippen LogP contribution is 2.48. The van der Waals surface area contributed by atoms with E-state index in [1.807, 2.05) is 13.8 Å². The first-order valence-electron chi connectivity index (χ1n) is 6.19. The van der Waals surface area contributed by atoms with Crippen molar-refractivity contribution in [3.8, 4) is 0 Å². The summed E-state index contributed by atoms with van der Waals surface area (Å²) in [5.41, 5.74) is -0.509. The van der Waals surface area contributed by atoms with Crippen LogP contribution in [0.4, 0.5) is 0 Å². The number of esters is 1. The molecule has 0 aromatic rings. The summed E-state index contributed by atoms with van der Waals surface area (Å²) in [4.78, 5) is 23.3. The molecule has 0 atom stereocenters. The molecule has 0 heterocycles. The zero-order valence-electron chi connectivity index (χ0n) is 10.7. The normalized spacial score (nSPS) is 18.8. The van der Waals surface area contributed by atoms with Gasteiger partial charge < -0.3 is 4.74 Å². The van der Waals surface area contributed by atoms with Gasteiger partial charge in [-0.1, -0.05) is 26.7 Å². The molecule has 1 fully saturated rings. The number of carbonyl (C=O) groups is 2. The Balaban J connectivity index is 2.81. The maximum atomic E-state index is 12.1. The third-order valence-corrected chi connectivity index (χ3v) is 3.54. The van der Waals surface area contributed by atoms with Crippen molar-refractivity contribution >= 4 is 11.8 Å². The van der Waals surface area contributed by atoms with Gasteiger partial charge in [-0.25, -0.2) is 0 Å². The fourth-order valence-corrected chi connectivity index (χ4v) is 2.65. The zero-order valence-corrected chi connectivity index (χ0v) is 10.7. The maximum absolute atomic E-state index is 12.1. The summed E-state index contributed by atoms with van der Waals surface area (Å²) in [6.07, 6.45) is 2.51. The Morgan fingerprint density at radius 1 is 1.31 bits per heavy atom. The predicted molar refractivity (Wildman–Crippen MR) is 62.0 cm³/mol. The monoisotopic (exact) mass is 226 g/mol. The summed E-state index contributed by atoms with van der Waals surface area (Å²) < 4.78 is 5.30. The lowest BCUT2D eigenvalue weighted by Crippen LogP contribution is -2.51. The van der Waals surface area contributed by atoms with Gasteiger partial charge in [-0.3, -0.25) is 9.59 Å². The Bertz CT molecular complexity index is 269. The average molecular weight is 226 g/mol. The van der Waals surface area contributed by atoms with Crippen LogP contribution in [-0.2, 0) is 14.3 Å². The molecule has 0 aliphatic heterocycles. The average Bonchev–Trinajstić information content (AvgIpc) is 2.14. The van der Waals surface area contributed by atoms with Crippen LogP contribution in [0.25, 0.3) is 0 Å². The van der Waals surface area contributed by atoms with Gasteiger partial charge in [-0.15, -0.1) is 0 Å². The minimum atomic E-state index is -0.509. The van der Waals surface area contributed by atoms with Crippen molar-refractivity contribution in [2.24, 2.45) is 11.3 Å². The van der Waals surface area contributed by atoms with E-state index >= 15 is 0 Å². The van der Waals surface area contributed by atoms with Gasteiger partial charge in [0, 0.05) is 12.8 Å². The third-order valence-electron chi connectivity index (χ3n) is 3.54. The van der Waals surface area contributed by atoms with Crippen molar-refractivity contribution in [1.29, 1.82) is 0 Å². The molecule has 16 heavy (non-hydrogen) atoms. The number of ketones is 1. The van der Waals surface area contributed by atoms with Gasteiger partial charge in [0.05, 0.1) is 11.5 Å². The van der Waals surface area contributed by atoms with E-state index in [4.69, 9.17) is 4.74 Å². The van der Waals surface area contributed by atoms with Crippen LogP contribution in [0, 0.1) is 11.3 Å². The summed E-state index contributed by atoms with van der Waals surface area (Å²) in [7, 11) is 0. The fourth-order valence-electron chi connectivity index (χ4n) is 2.65. The molecular formula is C13H22O3. The van der Waals surface area contributed by atoms with Crippen molar-refractivity contribution in [3.05, 3.63) is 0 Å². The number of ether oxygens (including phenoxy) is 1. The number of Topliss-reactive ketones (excluding diaryl/α,β-unsaturated/α-hetero) is 1. The predicted octanol–water partition coefficient (Wildman–Crippen LogP) is 2.72. The lowest BCUT2D eigenvalue weighted by molar-refractivity contribution is -0.175. The fraction of sp³-hybridized carbons (Fsp3) is 0.846. The van der Waals surface area contributed by atoms with Crippen LogP contribution in [0.1, 0.15) is 53.4 Å². The molecule has 0 bridgehead atoms. The van der Waals surface area contributed by atoms with E-state index in [-0.39, 0.29) is 23.8 Å². The van der Waals surface area contributed by atoms with Crippen LogP contribution in [0.2, 0.25) is 0 Å². The molecule has 0 amide bonds. The van der Waals surface area contributed by atoms with Gasteiger partial charge in [0.2, 0.25) is 0 Å². The summed E-state index contributed by atoms with van der Waals surface area (Å²) in [6, 6.07) is 0. The van der Waals surface area contributed by atoms with Gasteiger partial charge in [0.15, 0.2) is 0 Å². The summed E-state index contributed by atoms with van der Waals surface area (Å²) in [6.45, 7) is 7.83. The highest BCUT2D eigenvalue weighted by molar-refractivity contribution is 5.97. The zero-order chi connectivity index (χ0) is 12.3. The first kappa shape index (κ1) is 13.2. The number of hydrogen-bond acceptors (Lipinski definition) is 3. The van der Waals surface area contributed by atoms with Gasteiger partial charge in [-0.2, -0.15) is 0 Å². The number of hydrogen-bond donors (Lipinski definition) is 0. The van der Waals surface area contributed by atoms with Gasteiger partial charge >= 0.3 is 5.97 Å². The molecule has 0 unspecified atom stereocenters. The van der Waals surface area contributed by atoms with Crippen molar-refractivity contribution in [2.75, 3.05) is 0 Å². The number of rotatable bonds is 5. The molecule has 1 rings (SSSR count). The molecule has 1 aliphatic rings. The third kappa shape index (κ3) is 2.28. The van der Waals surface area contributed by atoms with E-state index in [0.717, 1.165) is 12.8 Å². The first-order chi connectivity index (χ1) is 7.46. The standard InChI is InChI=1S/C13H22O3/c1-5-10(6-2)13(7-11(14)8-13)12(15)16-9(3)4/h9-10H,5-8H2,1-4H3. The van der Waals surface area contributed by atoms with Gasteiger partial charge in [-0.05, 0) is 19.8 Å². The van der Waals surface area contributed by atoms with E-state index in [9.17, 15) is 9.59 Å². The molecule has 0 N–H and O–H groups in total.